The van der Waals surface area contributed by atoms with Gasteiger partial charge in [0.1, 0.15) is 5.01 Å². The van der Waals surface area contributed by atoms with E-state index in [-0.39, 0.29) is 0 Å². The second-order valence-electron chi connectivity index (χ2n) is 4.33. The van der Waals surface area contributed by atoms with Crippen LogP contribution in [0, 0.1) is 0 Å². The first-order valence-electron chi connectivity index (χ1n) is 6.25. The molecule has 0 bridgehead atoms. The molecule has 0 amide bonds. The summed E-state index contributed by atoms with van der Waals surface area (Å²) in [5, 5.41) is 6.89. The van der Waals surface area contributed by atoms with E-state index in [1.807, 2.05) is 6.20 Å². The maximum absolute atomic E-state index is 4.38. The normalized spacial score (nSPS) is 19.1. The minimum Gasteiger partial charge on any atom is -0.307 e. The number of nitrogens with one attached hydrogen (secondary N) is 1. The topological polar surface area (TPSA) is 28.2 Å². The second kappa shape index (κ2) is 6.33. The van der Waals surface area contributed by atoms with Gasteiger partial charge in [0.25, 0.3) is 0 Å². The van der Waals surface area contributed by atoms with Crippen molar-refractivity contribution in [2.75, 3.05) is 26.2 Å². The molecule has 1 aliphatic heterocycles. The molecule has 0 spiro atoms. The molecule has 1 unspecified atom stereocenters. The number of nitrogens with zero attached hydrogens (tertiary/aromatic N) is 2. The van der Waals surface area contributed by atoms with Crippen molar-refractivity contribution in [1.29, 1.82) is 0 Å². The molecule has 0 radical (unpaired) electrons. The van der Waals surface area contributed by atoms with E-state index in [2.05, 4.69) is 27.5 Å². The van der Waals surface area contributed by atoms with Crippen molar-refractivity contribution < 1.29 is 0 Å². The molecule has 2 heterocycles. The van der Waals surface area contributed by atoms with Crippen molar-refractivity contribution in [2.45, 2.75) is 32.2 Å². The molecule has 1 aliphatic rings. The fourth-order valence-corrected chi connectivity index (χ4v) is 3.01. The van der Waals surface area contributed by atoms with E-state index in [0.717, 1.165) is 13.0 Å². The minimum absolute atomic E-state index is 0.447. The zero-order valence-electron chi connectivity index (χ0n) is 9.98. The lowest BCUT2D eigenvalue weighted by Gasteiger charge is -2.18. The first-order chi connectivity index (χ1) is 7.90. The molecule has 1 N–H and O–H groups in total. The van der Waals surface area contributed by atoms with Gasteiger partial charge in [0.2, 0.25) is 0 Å². The van der Waals surface area contributed by atoms with Crippen LogP contribution in [-0.4, -0.2) is 36.1 Å². The van der Waals surface area contributed by atoms with E-state index in [1.165, 1.54) is 37.5 Å². The van der Waals surface area contributed by atoms with Crippen LogP contribution in [0.25, 0.3) is 0 Å². The third-order valence-corrected chi connectivity index (χ3v) is 4.06. The standard InChI is InChI=1S/C12H21N3S/c1-2-11(12-14-6-10-16-12)13-5-9-15-7-3-4-8-15/h6,10-11,13H,2-5,7-9H2,1H3. The summed E-state index contributed by atoms with van der Waals surface area (Å²) in [6.45, 7) is 7.06. The van der Waals surface area contributed by atoms with Crippen molar-refractivity contribution in [3.63, 3.8) is 0 Å². The van der Waals surface area contributed by atoms with Crippen LogP contribution in [0.5, 0.6) is 0 Å². The molecule has 0 saturated carbocycles. The lowest BCUT2D eigenvalue weighted by atomic mass is 10.2. The van der Waals surface area contributed by atoms with Crippen molar-refractivity contribution in [3.8, 4) is 0 Å². The van der Waals surface area contributed by atoms with Gasteiger partial charge in [-0.05, 0) is 32.4 Å². The fourth-order valence-electron chi connectivity index (χ4n) is 2.22. The van der Waals surface area contributed by atoms with Crippen LogP contribution in [0.15, 0.2) is 11.6 Å². The van der Waals surface area contributed by atoms with E-state index in [1.54, 1.807) is 11.3 Å². The van der Waals surface area contributed by atoms with E-state index in [4.69, 9.17) is 0 Å². The van der Waals surface area contributed by atoms with Crippen molar-refractivity contribution in [2.24, 2.45) is 0 Å². The lowest BCUT2D eigenvalue weighted by molar-refractivity contribution is 0.326. The van der Waals surface area contributed by atoms with E-state index in [9.17, 15) is 0 Å². The van der Waals surface area contributed by atoms with Gasteiger partial charge in [-0.1, -0.05) is 6.92 Å². The van der Waals surface area contributed by atoms with Gasteiger partial charge in [0, 0.05) is 24.7 Å². The Morgan fingerprint density at radius 1 is 1.50 bits per heavy atom. The van der Waals surface area contributed by atoms with Gasteiger partial charge >= 0.3 is 0 Å². The second-order valence-corrected chi connectivity index (χ2v) is 5.26. The third-order valence-electron chi connectivity index (χ3n) is 3.18. The highest BCUT2D eigenvalue weighted by Gasteiger charge is 2.13. The van der Waals surface area contributed by atoms with Gasteiger partial charge < -0.3 is 10.2 Å². The van der Waals surface area contributed by atoms with Gasteiger partial charge in [0.15, 0.2) is 0 Å². The molecule has 4 heteroatoms. The van der Waals surface area contributed by atoms with Crippen LogP contribution in [0.3, 0.4) is 0 Å². The minimum atomic E-state index is 0.447. The summed E-state index contributed by atoms with van der Waals surface area (Å²) in [4.78, 5) is 6.92. The molecule has 1 aromatic heterocycles. The predicted octanol–water partition coefficient (Wildman–Crippen LogP) is 2.28. The van der Waals surface area contributed by atoms with Crippen LogP contribution in [-0.2, 0) is 0 Å². The largest absolute Gasteiger partial charge is 0.307 e. The SMILES string of the molecule is CCC(NCCN1CCCC1)c1nccs1. The first kappa shape index (κ1) is 12.0. The van der Waals surface area contributed by atoms with Crippen LogP contribution in [0.4, 0.5) is 0 Å². The average Bonchev–Trinajstić information content (AvgIpc) is 2.96. The summed E-state index contributed by atoms with van der Waals surface area (Å²) in [5.74, 6) is 0. The molecule has 1 saturated heterocycles. The molecule has 16 heavy (non-hydrogen) atoms. The lowest BCUT2D eigenvalue weighted by Crippen LogP contribution is -2.32. The first-order valence-corrected chi connectivity index (χ1v) is 7.13. The Morgan fingerprint density at radius 3 is 2.94 bits per heavy atom. The number of hydrogen-bond acceptors (Lipinski definition) is 4. The highest BCUT2D eigenvalue weighted by atomic mass is 32.1. The Hall–Kier alpha value is -0.450. The quantitative estimate of drug-likeness (QED) is 0.825. The maximum Gasteiger partial charge on any atom is 0.109 e. The Bertz CT molecular complexity index is 280. The number of hydrogen-bond donors (Lipinski definition) is 1. The zero-order chi connectivity index (χ0) is 11.2. The van der Waals surface area contributed by atoms with Crippen LogP contribution < -0.4 is 5.32 Å². The molecule has 2 rings (SSSR count). The molecule has 0 aromatic carbocycles. The number of aromatic nitrogens is 1. The smallest absolute Gasteiger partial charge is 0.109 e. The van der Waals surface area contributed by atoms with E-state index in [0.29, 0.717) is 6.04 Å². The van der Waals surface area contributed by atoms with Gasteiger partial charge in [-0.15, -0.1) is 11.3 Å². The van der Waals surface area contributed by atoms with Crippen LogP contribution >= 0.6 is 11.3 Å². The fraction of sp³-hybridized carbons (Fsp3) is 0.750. The highest BCUT2D eigenvalue weighted by Crippen LogP contribution is 2.18. The molecule has 0 aliphatic carbocycles. The molecule has 3 nitrogen and oxygen atoms in total. The molecule has 90 valence electrons. The summed E-state index contributed by atoms with van der Waals surface area (Å²) in [6, 6.07) is 0.447. The Labute approximate surface area is 102 Å². The Balaban J connectivity index is 1.71. The number of likely N-dealkylation sites (tertiary alicyclic amines) is 1. The summed E-state index contributed by atoms with van der Waals surface area (Å²) >= 11 is 1.75. The van der Waals surface area contributed by atoms with Crippen LogP contribution in [0.1, 0.15) is 37.2 Å². The van der Waals surface area contributed by atoms with Gasteiger partial charge in [-0.25, -0.2) is 4.98 Å². The predicted molar refractivity (Wildman–Crippen MR) is 68.8 cm³/mol. The third kappa shape index (κ3) is 3.27. The summed E-state index contributed by atoms with van der Waals surface area (Å²) in [7, 11) is 0. The van der Waals surface area contributed by atoms with Gasteiger partial charge in [0.05, 0.1) is 6.04 Å². The molecular weight excluding hydrogens is 218 g/mol. The summed E-state index contributed by atoms with van der Waals surface area (Å²) in [5.41, 5.74) is 0. The molecule has 1 atom stereocenters. The van der Waals surface area contributed by atoms with E-state index < -0.39 is 0 Å². The van der Waals surface area contributed by atoms with Crippen molar-refractivity contribution in [1.82, 2.24) is 15.2 Å². The number of rotatable bonds is 6. The zero-order valence-corrected chi connectivity index (χ0v) is 10.8. The highest BCUT2D eigenvalue weighted by molar-refractivity contribution is 7.09. The maximum atomic E-state index is 4.38. The molecule has 1 fully saturated rings. The van der Waals surface area contributed by atoms with Gasteiger partial charge in [-0.3, -0.25) is 0 Å². The van der Waals surface area contributed by atoms with E-state index >= 15 is 0 Å². The average molecular weight is 239 g/mol. The molecular formula is C12H21N3S. The summed E-state index contributed by atoms with van der Waals surface area (Å²) in [6.07, 6.45) is 5.77. The monoisotopic (exact) mass is 239 g/mol. The van der Waals surface area contributed by atoms with Crippen molar-refractivity contribution >= 4 is 11.3 Å². The summed E-state index contributed by atoms with van der Waals surface area (Å²) < 4.78 is 0. The number of thiazole rings is 1. The Kier molecular flexibility index (Phi) is 4.75. The molecule has 1 aromatic rings. The van der Waals surface area contributed by atoms with Gasteiger partial charge in [-0.2, -0.15) is 0 Å². The Morgan fingerprint density at radius 2 is 2.31 bits per heavy atom. The van der Waals surface area contributed by atoms with Crippen LogP contribution in [0.2, 0.25) is 0 Å². The van der Waals surface area contributed by atoms with Crippen molar-refractivity contribution in [3.05, 3.63) is 16.6 Å².